The predicted octanol–water partition coefficient (Wildman–Crippen LogP) is 3.89. The van der Waals surface area contributed by atoms with E-state index in [-0.39, 0.29) is 24.0 Å². The molecule has 6 heteroatoms. The lowest BCUT2D eigenvalue weighted by Crippen LogP contribution is -2.41. The molecule has 0 aliphatic heterocycles. The molecule has 1 unspecified atom stereocenters. The number of halogens is 1. The van der Waals surface area contributed by atoms with E-state index in [1.165, 1.54) is 0 Å². The van der Waals surface area contributed by atoms with E-state index >= 15 is 0 Å². The summed E-state index contributed by atoms with van der Waals surface area (Å²) < 4.78 is 0. The quantitative estimate of drug-likeness (QED) is 0.430. The molecule has 22 heavy (non-hydrogen) atoms. The number of aliphatic imine (C=N–C) groups is 1. The minimum absolute atomic E-state index is 0. The number of benzene rings is 1. The third-order valence-corrected chi connectivity index (χ3v) is 4.17. The van der Waals surface area contributed by atoms with Crippen LogP contribution in [0, 0.1) is 0 Å². The molecule has 0 radical (unpaired) electrons. The van der Waals surface area contributed by atoms with Crippen molar-refractivity contribution < 1.29 is 0 Å². The highest BCUT2D eigenvalue weighted by Crippen LogP contribution is 2.23. The summed E-state index contributed by atoms with van der Waals surface area (Å²) in [6.45, 7) is 4.97. The molecule has 120 valence electrons. The average Bonchev–Trinajstić information content (AvgIpc) is 3.01. The molecule has 2 rings (SSSR count). The van der Waals surface area contributed by atoms with Gasteiger partial charge in [0, 0.05) is 24.0 Å². The summed E-state index contributed by atoms with van der Waals surface area (Å²) in [6, 6.07) is 10.7. The fraction of sp³-hybridized carbons (Fsp3) is 0.375. The van der Waals surface area contributed by atoms with Gasteiger partial charge in [-0.05, 0) is 13.3 Å². The Labute approximate surface area is 153 Å². The molecule has 0 saturated carbocycles. The Balaban J connectivity index is 0.00000242. The Kier molecular flexibility index (Phi) is 8.40. The van der Waals surface area contributed by atoms with E-state index in [1.807, 2.05) is 18.2 Å². The molecule has 1 aromatic carbocycles. The summed E-state index contributed by atoms with van der Waals surface area (Å²) in [5.74, 6) is 0.818. The average molecular weight is 430 g/mol. The second kappa shape index (κ2) is 9.78. The molecular formula is C16H23IN4S. The lowest BCUT2D eigenvalue weighted by Gasteiger charge is -2.15. The van der Waals surface area contributed by atoms with Gasteiger partial charge in [0.1, 0.15) is 5.01 Å². The fourth-order valence-corrected chi connectivity index (χ4v) is 2.63. The van der Waals surface area contributed by atoms with E-state index in [0.717, 1.165) is 28.6 Å². The van der Waals surface area contributed by atoms with Crippen molar-refractivity contribution in [3.8, 4) is 10.6 Å². The number of hydrogen-bond donors (Lipinski definition) is 2. The van der Waals surface area contributed by atoms with Crippen LogP contribution in [-0.2, 0) is 6.54 Å². The van der Waals surface area contributed by atoms with Gasteiger partial charge in [-0.1, -0.05) is 37.3 Å². The van der Waals surface area contributed by atoms with Crippen LogP contribution in [0.15, 0.2) is 40.7 Å². The molecule has 0 spiro atoms. The van der Waals surface area contributed by atoms with Crippen LogP contribution in [0.1, 0.15) is 26.0 Å². The zero-order valence-electron chi connectivity index (χ0n) is 13.2. The van der Waals surface area contributed by atoms with Crippen LogP contribution in [-0.4, -0.2) is 24.0 Å². The Bertz CT molecular complexity index is 583. The highest BCUT2D eigenvalue weighted by atomic mass is 127. The third-order valence-electron chi connectivity index (χ3n) is 3.23. The van der Waals surface area contributed by atoms with Gasteiger partial charge in [-0.3, -0.25) is 4.99 Å². The van der Waals surface area contributed by atoms with Crippen molar-refractivity contribution in [3.05, 3.63) is 41.4 Å². The fourth-order valence-electron chi connectivity index (χ4n) is 1.81. The molecule has 0 fully saturated rings. The number of rotatable bonds is 5. The van der Waals surface area contributed by atoms with Crippen molar-refractivity contribution in [1.29, 1.82) is 0 Å². The van der Waals surface area contributed by atoms with E-state index in [0.29, 0.717) is 12.6 Å². The minimum Gasteiger partial charge on any atom is -0.354 e. The summed E-state index contributed by atoms with van der Waals surface area (Å²) in [5.41, 5.74) is 2.20. The van der Waals surface area contributed by atoms with Crippen molar-refractivity contribution in [2.75, 3.05) is 7.05 Å². The van der Waals surface area contributed by atoms with Gasteiger partial charge in [-0.2, -0.15) is 0 Å². The lowest BCUT2D eigenvalue weighted by atomic mass is 10.2. The van der Waals surface area contributed by atoms with Gasteiger partial charge in [-0.15, -0.1) is 35.3 Å². The van der Waals surface area contributed by atoms with E-state index in [2.05, 4.69) is 52.0 Å². The van der Waals surface area contributed by atoms with Crippen LogP contribution in [0.2, 0.25) is 0 Å². The van der Waals surface area contributed by atoms with Crippen molar-refractivity contribution in [2.24, 2.45) is 4.99 Å². The standard InChI is InChI=1S/C16H22N4S.HI/c1-4-12(2)19-16(17-3)18-10-14-11-21-15(20-14)13-8-6-5-7-9-13;/h5-9,11-12H,4,10H2,1-3H3,(H2,17,18,19);1H. The summed E-state index contributed by atoms with van der Waals surface area (Å²) in [6.07, 6.45) is 1.07. The first-order chi connectivity index (χ1) is 10.2. The monoisotopic (exact) mass is 430 g/mol. The van der Waals surface area contributed by atoms with Gasteiger partial charge in [-0.25, -0.2) is 4.98 Å². The van der Waals surface area contributed by atoms with Crippen LogP contribution < -0.4 is 10.6 Å². The summed E-state index contributed by atoms with van der Waals surface area (Å²) in [7, 11) is 1.79. The molecule has 1 heterocycles. The van der Waals surface area contributed by atoms with E-state index in [9.17, 15) is 0 Å². The molecule has 0 saturated heterocycles. The number of aromatic nitrogens is 1. The second-order valence-corrected chi connectivity index (χ2v) is 5.75. The Morgan fingerprint density at radius 1 is 1.32 bits per heavy atom. The van der Waals surface area contributed by atoms with Crippen LogP contribution in [0.25, 0.3) is 10.6 Å². The molecule has 0 aliphatic carbocycles. The number of nitrogens with zero attached hydrogens (tertiary/aromatic N) is 2. The molecule has 1 atom stereocenters. The minimum atomic E-state index is 0. The van der Waals surface area contributed by atoms with Crippen LogP contribution in [0.5, 0.6) is 0 Å². The number of guanidine groups is 1. The molecular weight excluding hydrogens is 407 g/mol. The topological polar surface area (TPSA) is 49.3 Å². The molecule has 4 nitrogen and oxygen atoms in total. The van der Waals surface area contributed by atoms with Gasteiger partial charge in [0.25, 0.3) is 0 Å². The maximum atomic E-state index is 4.66. The number of thiazole rings is 1. The van der Waals surface area contributed by atoms with Gasteiger partial charge in [0.05, 0.1) is 12.2 Å². The van der Waals surface area contributed by atoms with Crippen LogP contribution >= 0.6 is 35.3 Å². The summed E-state index contributed by atoms with van der Waals surface area (Å²) in [4.78, 5) is 8.89. The summed E-state index contributed by atoms with van der Waals surface area (Å²) in [5, 5.41) is 9.78. The Morgan fingerprint density at radius 2 is 2.05 bits per heavy atom. The molecule has 0 aliphatic rings. The van der Waals surface area contributed by atoms with Crippen LogP contribution in [0.3, 0.4) is 0 Å². The Hall–Kier alpha value is -1.15. The number of nitrogens with one attached hydrogen (secondary N) is 2. The first-order valence-electron chi connectivity index (χ1n) is 7.20. The van der Waals surface area contributed by atoms with Crippen LogP contribution in [0.4, 0.5) is 0 Å². The first kappa shape index (κ1) is 18.9. The highest BCUT2D eigenvalue weighted by Gasteiger charge is 2.06. The molecule has 0 amide bonds. The molecule has 2 aromatic rings. The largest absolute Gasteiger partial charge is 0.354 e. The smallest absolute Gasteiger partial charge is 0.191 e. The summed E-state index contributed by atoms with van der Waals surface area (Å²) >= 11 is 1.67. The zero-order valence-corrected chi connectivity index (χ0v) is 16.3. The highest BCUT2D eigenvalue weighted by molar-refractivity contribution is 14.0. The maximum Gasteiger partial charge on any atom is 0.191 e. The van der Waals surface area contributed by atoms with Gasteiger partial charge in [0.2, 0.25) is 0 Å². The Morgan fingerprint density at radius 3 is 2.68 bits per heavy atom. The zero-order chi connectivity index (χ0) is 15.1. The molecule has 2 N–H and O–H groups in total. The van der Waals surface area contributed by atoms with E-state index in [1.54, 1.807) is 18.4 Å². The van der Waals surface area contributed by atoms with Gasteiger partial charge in [0.15, 0.2) is 5.96 Å². The second-order valence-electron chi connectivity index (χ2n) is 4.89. The maximum absolute atomic E-state index is 4.66. The predicted molar refractivity (Wildman–Crippen MR) is 106 cm³/mol. The van der Waals surface area contributed by atoms with Crippen molar-refractivity contribution >= 4 is 41.3 Å². The van der Waals surface area contributed by atoms with Gasteiger partial charge >= 0.3 is 0 Å². The normalized spacial score (nSPS) is 12.4. The van der Waals surface area contributed by atoms with Crippen molar-refractivity contribution in [3.63, 3.8) is 0 Å². The molecule has 1 aromatic heterocycles. The molecule has 0 bridgehead atoms. The van der Waals surface area contributed by atoms with E-state index in [4.69, 9.17) is 0 Å². The third kappa shape index (κ3) is 5.57. The van der Waals surface area contributed by atoms with Crippen molar-refractivity contribution in [1.82, 2.24) is 15.6 Å². The van der Waals surface area contributed by atoms with E-state index < -0.39 is 0 Å². The number of hydrogen-bond acceptors (Lipinski definition) is 3. The lowest BCUT2D eigenvalue weighted by molar-refractivity contribution is 0.623. The van der Waals surface area contributed by atoms with Crippen molar-refractivity contribution in [2.45, 2.75) is 32.9 Å². The first-order valence-corrected chi connectivity index (χ1v) is 8.08. The SMILES string of the molecule is CCC(C)NC(=NC)NCc1csc(-c2ccccc2)n1.I. The van der Waals surface area contributed by atoms with Gasteiger partial charge < -0.3 is 10.6 Å².